The number of carbonyl (C=O) groups is 3. The lowest BCUT2D eigenvalue weighted by Crippen LogP contribution is -2.02. The molecule has 18 rings (SSSR count). The number of carbonyl (C=O) groups excluding carboxylic acids is 1. The molecule has 18 aromatic rings. The van der Waals surface area contributed by atoms with Crippen molar-refractivity contribution in [2.45, 2.75) is 45.4 Å². The second kappa shape index (κ2) is 37.6. The van der Waals surface area contributed by atoms with Crippen molar-refractivity contribution in [3.63, 3.8) is 0 Å². The van der Waals surface area contributed by atoms with Gasteiger partial charge in [0, 0.05) is 118 Å². The number of aryl methyl sites for hydroxylation is 8. The van der Waals surface area contributed by atoms with Crippen LogP contribution in [-0.4, -0.2) is 130 Å². The van der Waals surface area contributed by atoms with E-state index in [1.165, 1.54) is 6.08 Å². The van der Waals surface area contributed by atoms with Crippen LogP contribution >= 0.6 is 0 Å². The zero-order valence-electron chi connectivity index (χ0n) is 66.0. The number of hydrogen-bond donors (Lipinski definition) is 2. The number of rotatable bonds is 18. The summed E-state index contributed by atoms with van der Waals surface area (Å²) in [4.78, 5) is 77.3. The Morgan fingerprint density at radius 3 is 1.18 bits per heavy atom. The SMILES string of the molecule is COc1cccc2ccc(/C=C/C(=O)O)nc12.COc1cccc2ccc(C)nc12.COc1cccc2ccc(C=O)nc12.COc1cccc2ccc(CCC(=O)O)nc12.COc1cccc2ccc(CCc3nc4c5cccnc5ccc4n3C)nc12.COc1cccc2ccc(CCc3nc4c5ncccc5ccc4n3C)nc12. The van der Waals surface area contributed by atoms with E-state index >= 15 is 0 Å². The van der Waals surface area contributed by atoms with Crippen LogP contribution in [0.1, 0.15) is 57.0 Å². The van der Waals surface area contributed by atoms with Crippen molar-refractivity contribution < 1.29 is 53.0 Å². The summed E-state index contributed by atoms with van der Waals surface area (Å²) < 4.78 is 36.1. The third-order valence-corrected chi connectivity index (χ3v) is 19.5. The summed E-state index contributed by atoms with van der Waals surface area (Å²) >= 11 is 0. The van der Waals surface area contributed by atoms with Crippen LogP contribution in [0.4, 0.5) is 0 Å². The predicted octanol–water partition coefficient (Wildman–Crippen LogP) is 18.1. The maximum atomic E-state index is 10.5. The van der Waals surface area contributed by atoms with Crippen molar-refractivity contribution in [2.24, 2.45) is 14.1 Å². The fourth-order valence-corrected chi connectivity index (χ4v) is 13.6. The number of hydrogen-bond acceptors (Lipinski definition) is 19. The third-order valence-electron chi connectivity index (χ3n) is 19.5. The molecule has 0 aliphatic carbocycles. The van der Waals surface area contributed by atoms with Gasteiger partial charge in [0.05, 0.1) is 82.4 Å². The van der Waals surface area contributed by atoms with Crippen LogP contribution in [0.5, 0.6) is 34.5 Å². The highest BCUT2D eigenvalue weighted by molar-refractivity contribution is 6.03. The number of carboxylic acids is 2. The number of ether oxygens (including phenoxy) is 6. The minimum absolute atomic E-state index is 0.0909. The quantitative estimate of drug-likeness (QED) is 0.0596. The Bertz CT molecular complexity index is 6480. The zero-order chi connectivity index (χ0) is 81.9. The first kappa shape index (κ1) is 80.2. The van der Waals surface area contributed by atoms with Crippen molar-refractivity contribution >= 4 is 134 Å². The Labute approximate surface area is 673 Å². The summed E-state index contributed by atoms with van der Waals surface area (Å²) in [5, 5.41) is 25.6. The molecule has 23 nitrogen and oxygen atoms in total. The Kier molecular flexibility index (Phi) is 25.8. The molecular weight excluding hydrogens is 1470 g/mol. The lowest BCUT2D eigenvalue weighted by Gasteiger charge is -2.07. The van der Waals surface area contributed by atoms with Gasteiger partial charge >= 0.3 is 11.9 Å². The number of pyridine rings is 8. The van der Waals surface area contributed by atoms with Gasteiger partial charge in [0.25, 0.3) is 0 Å². The molecule has 0 atom stereocenters. The van der Waals surface area contributed by atoms with Gasteiger partial charge < -0.3 is 47.8 Å². The van der Waals surface area contributed by atoms with Gasteiger partial charge in [0.15, 0.2) is 6.29 Å². The molecule has 0 saturated heterocycles. The van der Waals surface area contributed by atoms with Gasteiger partial charge in [-0.2, -0.15) is 0 Å². The van der Waals surface area contributed by atoms with E-state index in [4.69, 9.17) is 58.6 Å². The number of nitrogens with zero attached hydrogens (tertiary/aromatic N) is 12. The smallest absolute Gasteiger partial charge is 0.328 e. The van der Waals surface area contributed by atoms with E-state index in [2.05, 4.69) is 132 Å². The van der Waals surface area contributed by atoms with Crippen LogP contribution in [0.25, 0.3) is 115 Å². The van der Waals surface area contributed by atoms with Gasteiger partial charge in [0.1, 0.15) is 90.5 Å². The van der Waals surface area contributed by atoms with Crippen LogP contribution < -0.4 is 28.4 Å². The first-order chi connectivity index (χ1) is 57.0. The van der Waals surface area contributed by atoms with E-state index in [0.717, 1.165) is 199 Å². The Balaban J connectivity index is 0.000000125. The van der Waals surface area contributed by atoms with Gasteiger partial charge in [-0.3, -0.25) is 19.6 Å². The normalized spacial score (nSPS) is 10.9. The summed E-state index contributed by atoms with van der Waals surface area (Å²) in [6.07, 6.45) is 10.7. The van der Waals surface area contributed by atoms with Gasteiger partial charge in [-0.1, -0.05) is 121 Å². The largest absolute Gasteiger partial charge is 0.494 e. The molecule has 0 aliphatic heterocycles. The van der Waals surface area contributed by atoms with Crippen LogP contribution in [0, 0.1) is 6.92 Å². The average molecular weight is 1560 g/mol. The summed E-state index contributed by atoms with van der Waals surface area (Å²) in [7, 11) is 13.9. The molecule has 117 heavy (non-hydrogen) atoms. The minimum atomic E-state index is -0.994. The molecule has 23 heteroatoms. The summed E-state index contributed by atoms with van der Waals surface area (Å²) in [6, 6.07) is 74.7. The van der Waals surface area contributed by atoms with E-state index < -0.39 is 11.9 Å². The van der Waals surface area contributed by atoms with Gasteiger partial charge in [-0.05, 0) is 135 Å². The van der Waals surface area contributed by atoms with Crippen LogP contribution in [0.2, 0.25) is 0 Å². The summed E-state index contributed by atoms with van der Waals surface area (Å²) in [5.41, 5.74) is 16.0. The van der Waals surface area contributed by atoms with Crippen molar-refractivity contribution in [1.29, 1.82) is 0 Å². The van der Waals surface area contributed by atoms with Crippen molar-refractivity contribution in [3.05, 3.63) is 295 Å². The fraction of sp³-hybridized carbons (Fsp3) is 0.160. The molecule has 2 N–H and O–H groups in total. The molecule has 0 saturated carbocycles. The van der Waals surface area contributed by atoms with Crippen LogP contribution in [0.3, 0.4) is 0 Å². The number of benzene rings is 8. The predicted molar refractivity (Wildman–Crippen MR) is 459 cm³/mol. The monoisotopic (exact) mass is 1560 g/mol. The number of aliphatic carboxylic acids is 2. The standard InChI is InChI=1S/2C23H20N4O.C13H13NO3.C13H11NO3.C11H9NO2.C11H11NO/c1-27-18-12-9-16-6-4-14-24-22(16)23(18)26-20(27)13-11-17-10-8-15-5-3-7-19(28-2)21(15)25-17;1-27-19-12-11-18-17(6-4-14-24-18)23(19)26-21(27)13-10-16-9-8-15-5-3-7-20(28-2)22(15)25-16;2*1-17-11-4-2-3-9-5-6-10(14-13(9)11)7-8-12(15)16;1-14-10-4-2-3-8-5-6-9(7-13)12-11(8)10;1-8-6-7-9-4-3-5-10(13-2)11(9)12-8/h3-10,12,14H,11,13H2,1-2H3;3-9,11-12,14H,10,13H2,1-2H3;2-6H,7-8H2,1H3,(H,15,16);2-8H,1H3,(H,15,16);2-7H,1H3;3-7H,1-2H3/b;;;8-7+;;. The van der Waals surface area contributed by atoms with Crippen molar-refractivity contribution in [1.82, 2.24) is 59.0 Å². The number of methoxy groups -OCH3 is 6. The minimum Gasteiger partial charge on any atom is -0.494 e. The van der Waals surface area contributed by atoms with E-state index in [1.807, 2.05) is 159 Å². The number of imidazole rings is 2. The van der Waals surface area contributed by atoms with Gasteiger partial charge in [-0.15, -0.1) is 0 Å². The highest BCUT2D eigenvalue weighted by Gasteiger charge is 2.17. The Hall–Kier alpha value is -14.9. The van der Waals surface area contributed by atoms with Crippen LogP contribution in [-0.2, 0) is 55.8 Å². The maximum absolute atomic E-state index is 10.5. The average Bonchev–Trinajstić information content (AvgIpc) is 1.63. The third kappa shape index (κ3) is 18.9. The molecule has 10 heterocycles. The van der Waals surface area contributed by atoms with E-state index in [0.29, 0.717) is 35.1 Å². The van der Waals surface area contributed by atoms with Crippen molar-refractivity contribution in [3.8, 4) is 34.5 Å². The fourth-order valence-electron chi connectivity index (χ4n) is 13.6. The molecule has 586 valence electrons. The lowest BCUT2D eigenvalue weighted by molar-refractivity contribution is -0.137. The molecule has 0 unspecified atom stereocenters. The molecule has 0 bridgehead atoms. The topological polar surface area (TPSA) is 286 Å². The first-order valence-corrected chi connectivity index (χ1v) is 37.6. The highest BCUT2D eigenvalue weighted by Crippen LogP contribution is 2.32. The Morgan fingerprint density at radius 2 is 0.718 bits per heavy atom. The number of carboxylic acid groups (broad SMARTS) is 2. The molecule has 0 radical (unpaired) electrons. The first-order valence-electron chi connectivity index (χ1n) is 37.6. The number of aldehydes is 1. The number of para-hydroxylation sites is 6. The lowest BCUT2D eigenvalue weighted by atomic mass is 10.1. The second-order valence-corrected chi connectivity index (χ2v) is 26.9. The molecular formula is C94H84N12O11. The molecule has 0 spiro atoms. The molecule has 0 amide bonds. The summed E-state index contributed by atoms with van der Waals surface area (Å²) in [6.45, 7) is 1.98. The molecule has 10 aromatic heterocycles. The Morgan fingerprint density at radius 1 is 0.350 bits per heavy atom. The zero-order valence-corrected chi connectivity index (χ0v) is 66.0. The van der Waals surface area contributed by atoms with Gasteiger partial charge in [-0.25, -0.2) is 44.7 Å². The van der Waals surface area contributed by atoms with Crippen molar-refractivity contribution in [2.75, 3.05) is 42.7 Å². The summed E-state index contributed by atoms with van der Waals surface area (Å²) in [5.74, 6) is 4.79. The van der Waals surface area contributed by atoms with E-state index in [1.54, 1.807) is 54.8 Å². The van der Waals surface area contributed by atoms with Crippen LogP contribution in [0.15, 0.2) is 249 Å². The second-order valence-electron chi connectivity index (χ2n) is 26.9. The molecule has 0 aliphatic rings. The maximum Gasteiger partial charge on any atom is 0.328 e. The molecule has 0 fully saturated rings. The van der Waals surface area contributed by atoms with E-state index in [-0.39, 0.29) is 6.42 Å². The van der Waals surface area contributed by atoms with E-state index in [9.17, 15) is 14.4 Å². The molecule has 8 aromatic carbocycles. The number of aromatic nitrogens is 12. The van der Waals surface area contributed by atoms with Gasteiger partial charge in [0.2, 0.25) is 0 Å². The number of fused-ring (bicyclic) bond motifs is 12. The highest BCUT2D eigenvalue weighted by atomic mass is 16.5.